The van der Waals surface area contributed by atoms with Crippen LogP contribution in [0.25, 0.3) is 0 Å². The normalized spacial score (nSPS) is 16.8. The number of likely N-dealkylation sites (tertiary alicyclic amines) is 1. The number of likely N-dealkylation sites (N-methyl/N-ethyl adjacent to an activating group) is 1. The van der Waals surface area contributed by atoms with Crippen molar-refractivity contribution in [2.75, 3.05) is 32.7 Å². The highest BCUT2D eigenvalue weighted by atomic mass is 15.2. The molecule has 0 aromatic carbocycles. The summed E-state index contributed by atoms with van der Waals surface area (Å²) < 4.78 is 0. The number of hydrogen-bond acceptors (Lipinski definition) is 3. The Morgan fingerprint density at radius 2 is 2.18 bits per heavy atom. The van der Waals surface area contributed by atoms with Gasteiger partial charge in [-0.1, -0.05) is 13.0 Å². The van der Waals surface area contributed by atoms with E-state index in [9.17, 15) is 0 Å². The Bertz CT molecular complexity index is 307. The minimum atomic E-state index is 1.03. The van der Waals surface area contributed by atoms with Crippen molar-refractivity contribution in [2.45, 2.75) is 26.3 Å². The molecule has 1 fully saturated rings. The van der Waals surface area contributed by atoms with Gasteiger partial charge in [0.15, 0.2) is 0 Å². The van der Waals surface area contributed by atoms with Crippen molar-refractivity contribution in [3.05, 3.63) is 30.1 Å². The fourth-order valence-corrected chi connectivity index (χ4v) is 2.39. The molecule has 0 aliphatic carbocycles. The summed E-state index contributed by atoms with van der Waals surface area (Å²) in [5.41, 5.74) is 1.32. The molecule has 1 aliphatic rings. The van der Waals surface area contributed by atoms with Crippen LogP contribution in [0.1, 0.15) is 25.3 Å². The molecule has 1 saturated heterocycles. The second kappa shape index (κ2) is 6.72. The molecule has 1 aromatic rings. The SMILES string of the molecule is CCN(CCN1CCCC1)Cc1cccnc1. The summed E-state index contributed by atoms with van der Waals surface area (Å²) in [6.45, 7) is 9.36. The van der Waals surface area contributed by atoms with Crippen molar-refractivity contribution >= 4 is 0 Å². The Balaban J connectivity index is 1.76. The number of pyridine rings is 1. The lowest BCUT2D eigenvalue weighted by Gasteiger charge is -2.23. The maximum atomic E-state index is 4.17. The van der Waals surface area contributed by atoms with Gasteiger partial charge in [-0.25, -0.2) is 0 Å². The van der Waals surface area contributed by atoms with Crippen LogP contribution in [0.4, 0.5) is 0 Å². The molecule has 0 amide bonds. The van der Waals surface area contributed by atoms with E-state index < -0.39 is 0 Å². The molecule has 2 rings (SSSR count). The van der Waals surface area contributed by atoms with Crippen molar-refractivity contribution < 1.29 is 0 Å². The first-order valence-corrected chi connectivity index (χ1v) is 6.72. The van der Waals surface area contributed by atoms with Crippen LogP contribution in [0, 0.1) is 0 Å². The molecule has 1 aromatic heterocycles. The van der Waals surface area contributed by atoms with Crippen LogP contribution in [0.3, 0.4) is 0 Å². The van der Waals surface area contributed by atoms with Gasteiger partial charge in [0.1, 0.15) is 0 Å². The Labute approximate surface area is 104 Å². The van der Waals surface area contributed by atoms with Gasteiger partial charge < -0.3 is 4.90 Å². The topological polar surface area (TPSA) is 19.4 Å². The van der Waals surface area contributed by atoms with Gasteiger partial charge in [0.2, 0.25) is 0 Å². The molecule has 0 saturated carbocycles. The first kappa shape index (κ1) is 12.5. The van der Waals surface area contributed by atoms with E-state index in [1.54, 1.807) is 0 Å². The number of nitrogens with zero attached hydrogens (tertiary/aromatic N) is 3. The van der Waals surface area contributed by atoms with Crippen molar-refractivity contribution in [1.82, 2.24) is 14.8 Å². The molecule has 3 nitrogen and oxygen atoms in total. The number of hydrogen-bond donors (Lipinski definition) is 0. The molecule has 94 valence electrons. The minimum Gasteiger partial charge on any atom is -0.302 e. The Morgan fingerprint density at radius 1 is 1.35 bits per heavy atom. The largest absolute Gasteiger partial charge is 0.302 e. The highest BCUT2D eigenvalue weighted by Gasteiger charge is 2.12. The lowest BCUT2D eigenvalue weighted by atomic mass is 10.2. The first-order chi connectivity index (χ1) is 8.38. The zero-order chi connectivity index (χ0) is 11.9. The van der Waals surface area contributed by atoms with Crippen molar-refractivity contribution in [3.63, 3.8) is 0 Å². The first-order valence-electron chi connectivity index (χ1n) is 6.72. The van der Waals surface area contributed by atoms with Crippen LogP contribution in [-0.2, 0) is 6.54 Å². The Morgan fingerprint density at radius 3 is 2.82 bits per heavy atom. The van der Waals surface area contributed by atoms with Gasteiger partial charge in [0.05, 0.1) is 0 Å². The van der Waals surface area contributed by atoms with Crippen molar-refractivity contribution in [3.8, 4) is 0 Å². The lowest BCUT2D eigenvalue weighted by Crippen LogP contribution is -2.33. The number of rotatable bonds is 6. The predicted octanol–water partition coefficient (Wildman–Crippen LogP) is 2.00. The third kappa shape index (κ3) is 4.10. The highest BCUT2D eigenvalue weighted by molar-refractivity contribution is 5.08. The zero-order valence-corrected chi connectivity index (χ0v) is 10.8. The molecule has 2 heterocycles. The van der Waals surface area contributed by atoms with Gasteiger partial charge in [-0.15, -0.1) is 0 Å². The molecular formula is C14H23N3. The fraction of sp³-hybridized carbons (Fsp3) is 0.643. The molecule has 0 atom stereocenters. The standard InChI is InChI=1S/C14H23N3/c1-2-16(10-11-17-8-3-4-9-17)13-14-6-5-7-15-12-14/h5-7,12H,2-4,8-11,13H2,1H3. The van der Waals surface area contributed by atoms with Crippen molar-refractivity contribution in [2.24, 2.45) is 0 Å². The molecule has 0 radical (unpaired) electrons. The van der Waals surface area contributed by atoms with Gasteiger partial charge in [0.25, 0.3) is 0 Å². The summed E-state index contributed by atoms with van der Waals surface area (Å²) in [7, 11) is 0. The van der Waals surface area contributed by atoms with Crippen LogP contribution in [-0.4, -0.2) is 47.5 Å². The fourth-order valence-electron chi connectivity index (χ4n) is 2.39. The highest BCUT2D eigenvalue weighted by Crippen LogP contribution is 2.08. The van der Waals surface area contributed by atoms with E-state index in [0.717, 1.165) is 13.1 Å². The zero-order valence-electron chi connectivity index (χ0n) is 10.8. The Kier molecular flexibility index (Phi) is 4.95. The van der Waals surface area contributed by atoms with Gasteiger partial charge in [0, 0.05) is 32.0 Å². The average Bonchev–Trinajstić information content (AvgIpc) is 2.89. The molecule has 17 heavy (non-hydrogen) atoms. The monoisotopic (exact) mass is 233 g/mol. The molecule has 0 bridgehead atoms. The van der Waals surface area contributed by atoms with Crippen LogP contribution < -0.4 is 0 Å². The molecule has 0 unspecified atom stereocenters. The van der Waals surface area contributed by atoms with E-state index in [1.807, 2.05) is 18.5 Å². The maximum absolute atomic E-state index is 4.17. The summed E-state index contributed by atoms with van der Waals surface area (Å²) in [5, 5.41) is 0. The second-order valence-corrected chi connectivity index (χ2v) is 4.78. The third-order valence-corrected chi connectivity index (χ3v) is 3.51. The van der Waals surface area contributed by atoms with E-state index in [4.69, 9.17) is 0 Å². The third-order valence-electron chi connectivity index (χ3n) is 3.51. The summed E-state index contributed by atoms with van der Waals surface area (Å²) in [6, 6.07) is 4.18. The van der Waals surface area contributed by atoms with E-state index in [-0.39, 0.29) is 0 Å². The van der Waals surface area contributed by atoms with Gasteiger partial charge in [-0.2, -0.15) is 0 Å². The van der Waals surface area contributed by atoms with Crippen LogP contribution in [0.15, 0.2) is 24.5 Å². The predicted molar refractivity (Wildman–Crippen MR) is 70.9 cm³/mol. The molecule has 3 heteroatoms. The summed E-state index contributed by atoms with van der Waals surface area (Å²) in [4.78, 5) is 9.24. The lowest BCUT2D eigenvalue weighted by molar-refractivity contribution is 0.227. The number of aromatic nitrogens is 1. The van der Waals surface area contributed by atoms with E-state index >= 15 is 0 Å². The molecular weight excluding hydrogens is 210 g/mol. The smallest absolute Gasteiger partial charge is 0.0312 e. The summed E-state index contributed by atoms with van der Waals surface area (Å²) in [6.07, 6.45) is 6.58. The van der Waals surface area contributed by atoms with Gasteiger partial charge in [-0.3, -0.25) is 9.88 Å². The average molecular weight is 233 g/mol. The van der Waals surface area contributed by atoms with Gasteiger partial charge in [-0.05, 0) is 44.1 Å². The molecule has 0 spiro atoms. The van der Waals surface area contributed by atoms with E-state index in [1.165, 1.54) is 44.6 Å². The van der Waals surface area contributed by atoms with E-state index in [2.05, 4.69) is 27.8 Å². The summed E-state index contributed by atoms with van der Waals surface area (Å²) >= 11 is 0. The second-order valence-electron chi connectivity index (χ2n) is 4.78. The van der Waals surface area contributed by atoms with Crippen molar-refractivity contribution in [1.29, 1.82) is 0 Å². The van der Waals surface area contributed by atoms with Crippen LogP contribution in [0.5, 0.6) is 0 Å². The van der Waals surface area contributed by atoms with Crippen LogP contribution >= 0.6 is 0 Å². The van der Waals surface area contributed by atoms with Gasteiger partial charge >= 0.3 is 0 Å². The quantitative estimate of drug-likeness (QED) is 0.749. The minimum absolute atomic E-state index is 1.03. The maximum Gasteiger partial charge on any atom is 0.0312 e. The molecule has 1 aliphatic heterocycles. The van der Waals surface area contributed by atoms with E-state index in [0.29, 0.717) is 0 Å². The summed E-state index contributed by atoms with van der Waals surface area (Å²) in [5.74, 6) is 0. The Hall–Kier alpha value is -0.930. The molecule has 0 N–H and O–H groups in total. The van der Waals surface area contributed by atoms with Crippen LogP contribution in [0.2, 0.25) is 0 Å².